The van der Waals surface area contributed by atoms with E-state index < -0.39 is 17.8 Å². The van der Waals surface area contributed by atoms with Crippen LogP contribution in [0.25, 0.3) is 0 Å². The molecule has 0 amide bonds. The van der Waals surface area contributed by atoms with Crippen LogP contribution >= 0.6 is 0 Å². The monoisotopic (exact) mass is 430 g/mol. The van der Waals surface area contributed by atoms with Crippen molar-refractivity contribution >= 4 is 0 Å². The average molecular weight is 431 g/mol. The van der Waals surface area contributed by atoms with Crippen molar-refractivity contribution in [2.45, 2.75) is 116 Å². The first-order valence-corrected chi connectivity index (χ1v) is 12.7. The minimum absolute atomic E-state index is 0.390. The van der Waals surface area contributed by atoms with E-state index in [0.717, 1.165) is 35.8 Å². The molecule has 176 valence electrons. The molecule has 3 aliphatic carbocycles. The summed E-state index contributed by atoms with van der Waals surface area (Å²) in [5.74, 6) is 2.18. The van der Waals surface area contributed by atoms with Crippen LogP contribution in [-0.4, -0.2) is 33.1 Å². The largest absolute Gasteiger partial charge is 0.393 e. The molecule has 0 aliphatic heterocycles. The van der Waals surface area contributed by atoms with E-state index in [9.17, 15) is 15.3 Å². The van der Waals surface area contributed by atoms with Gasteiger partial charge in [0.05, 0.1) is 17.8 Å². The van der Waals surface area contributed by atoms with Gasteiger partial charge in [0.15, 0.2) is 0 Å². The van der Waals surface area contributed by atoms with Crippen LogP contribution in [0.15, 0.2) is 35.5 Å². The molecule has 0 unspecified atom stereocenters. The summed E-state index contributed by atoms with van der Waals surface area (Å²) in [6.45, 7) is 12.9. The molecule has 0 heterocycles. The summed E-state index contributed by atoms with van der Waals surface area (Å²) in [7, 11) is 0. The minimum atomic E-state index is -0.613. The molecule has 0 spiro atoms. The fourth-order valence-electron chi connectivity index (χ4n) is 6.90. The fourth-order valence-corrected chi connectivity index (χ4v) is 6.90. The smallest absolute Gasteiger partial charge is 0.0811 e. The summed E-state index contributed by atoms with van der Waals surface area (Å²) in [5, 5.41) is 30.2. The van der Waals surface area contributed by atoms with Crippen LogP contribution in [0.3, 0.4) is 0 Å². The van der Waals surface area contributed by atoms with Gasteiger partial charge in [0.25, 0.3) is 0 Å². The lowest BCUT2D eigenvalue weighted by molar-refractivity contribution is 0.0650. The highest BCUT2D eigenvalue weighted by molar-refractivity contribution is 5.38. The van der Waals surface area contributed by atoms with E-state index in [-0.39, 0.29) is 0 Å². The SMILES string of the molecule is C=C1/C(=C\C=C2/CCC[C@]3(C)[C@@H]2CC[C@H]3[C@@H](C)CCCCC(C)(C)O)C[C@H](O)C[C@H]1O. The third-order valence-electron chi connectivity index (χ3n) is 8.69. The molecule has 3 fully saturated rings. The summed E-state index contributed by atoms with van der Waals surface area (Å²) >= 11 is 0. The van der Waals surface area contributed by atoms with Crippen molar-refractivity contribution in [3.8, 4) is 0 Å². The number of hydrogen-bond donors (Lipinski definition) is 3. The zero-order valence-corrected chi connectivity index (χ0v) is 20.4. The lowest BCUT2D eigenvalue weighted by Gasteiger charge is -2.44. The second-order valence-electron chi connectivity index (χ2n) is 11.7. The average Bonchev–Trinajstić information content (AvgIpc) is 3.03. The van der Waals surface area contributed by atoms with Gasteiger partial charge in [0.1, 0.15) is 0 Å². The number of rotatable bonds is 7. The summed E-state index contributed by atoms with van der Waals surface area (Å²) in [5.41, 5.74) is 3.22. The molecular weight excluding hydrogens is 384 g/mol. The van der Waals surface area contributed by atoms with E-state index in [1.165, 1.54) is 44.9 Å². The maximum Gasteiger partial charge on any atom is 0.0811 e. The van der Waals surface area contributed by atoms with Gasteiger partial charge in [-0.3, -0.25) is 0 Å². The first-order chi connectivity index (χ1) is 14.5. The standard InChI is InChI=1S/C28H46O3/c1-19(9-6-7-15-27(3,4)31)24-13-14-25-21(10-8-16-28(24,25)5)11-12-22-17-23(29)18-26(30)20(22)2/h11-12,19,23-26,29-31H,2,6-10,13-18H2,1,3-5H3/b21-11+,22-12-/t19-,23-,24-,25+,26+,28-/m0/s1. The predicted molar refractivity (Wildman–Crippen MR) is 129 cm³/mol. The maximum atomic E-state index is 10.1. The third-order valence-corrected chi connectivity index (χ3v) is 8.69. The predicted octanol–water partition coefficient (Wildman–Crippen LogP) is 6.09. The molecule has 0 saturated heterocycles. The fraction of sp³-hybridized carbons (Fsp3) is 0.786. The van der Waals surface area contributed by atoms with Crippen molar-refractivity contribution < 1.29 is 15.3 Å². The second-order valence-corrected chi connectivity index (χ2v) is 11.7. The van der Waals surface area contributed by atoms with Crippen molar-refractivity contribution in [2.75, 3.05) is 0 Å². The second kappa shape index (κ2) is 9.93. The quantitative estimate of drug-likeness (QED) is 0.428. The van der Waals surface area contributed by atoms with Crippen molar-refractivity contribution in [2.24, 2.45) is 23.2 Å². The van der Waals surface area contributed by atoms with Crippen LogP contribution in [-0.2, 0) is 0 Å². The molecular formula is C28H46O3. The molecule has 0 bridgehead atoms. The van der Waals surface area contributed by atoms with Crippen molar-refractivity contribution in [1.82, 2.24) is 0 Å². The maximum absolute atomic E-state index is 10.1. The molecule has 0 aromatic rings. The molecule has 31 heavy (non-hydrogen) atoms. The van der Waals surface area contributed by atoms with Crippen molar-refractivity contribution in [3.05, 3.63) is 35.5 Å². The Morgan fingerprint density at radius 2 is 1.94 bits per heavy atom. The Labute approximate surface area is 190 Å². The number of allylic oxidation sites excluding steroid dienone is 3. The van der Waals surface area contributed by atoms with Gasteiger partial charge < -0.3 is 15.3 Å². The van der Waals surface area contributed by atoms with Gasteiger partial charge in [-0.1, -0.05) is 57.4 Å². The first kappa shape index (κ1) is 24.7. The Kier molecular flexibility index (Phi) is 7.92. The summed E-state index contributed by atoms with van der Waals surface area (Å²) < 4.78 is 0. The number of unbranched alkanes of at least 4 members (excludes halogenated alkanes) is 1. The summed E-state index contributed by atoms with van der Waals surface area (Å²) in [6.07, 6.45) is 15.2. The van der Waals surface area contributed by atoms with Crippen LogP contribution < -0.4 is 0 Å². The topological polar surface area (TPSA) is 60.7 Å². The van der Waals surface area contributed by atoms with E-state index in [1.807, 2.05) is 13.8 Å². The van der Waals surface area contributed by atoms with E-state index in [0.29, 0.717) is 24.2 Å². The third kappa shape index (κ3) is 5.92. The van der Waals surface area contributed by atoms with Gasteiger partial charge in [-0.25, -0.2) is 0 Å². The lowest BCUT2D eigenvalue weighted by atomic mass is 9.60. The van der Waals surface area contributed by atoms with Crippen LogP contribution in [0.1, 0.15) is 98.3 Å². The van der Waals surface area contributed by atoms with E-state index in [1.54, 1.807) is 5.57 Å². The lowest BCUT2D eigenvalue weighted by Crippen LogP contribution is -2.36. The number of aliphatic hydroxyl groups is 3. The molecule has 6 atom stereocenters. The zero-order valence-electron chi connectivity index (χ0n) is 20.4. The van der Waals surface area contributed by atoms with Crippen molar-refractivity contribution in [3.63, 3.8) is 0 Å². The number of aliphatic hydroxyl groups excluding tert-OH is 2. The van der Waals surface area contributed by atoms with E-state index in [4.69, 9.17) is 0 Å². The van der Waals surface area contributed by atoms with Crippen molar-refractivity contribution in [1.29, 1.82) is 0 Å². The Hall–Kier alpha value is -0.900. The highest BCUT2D eigenvalue weighted by atomic mass is 16.3. The normalized spacial score (nSPS) is 38.0. The molecule has 0 radical (unpaired) electrons. The number of fused-ring (bicyclic) bond motifs is 1. The van der Waals surface area contributed by atoms with Gasteiger partial charge >= 0.3 is 0 Å². The minimum Gasteiger partial charge on any atom is -0.393 e. The number of hydrogen-bond acceptors (Lipinski definition) is 3. The molecule has 3 aliphatic rings. The van der Waals surface area contributed by atoms with Gasteiger partial charge in [0, 0.05) is 6.42 Å². The van der Waals surface area contributed by atoms with Gasteiger partial charge in [-0.15, -0.1) is 0 Å². The summed E-state index contributed by atoms with van der Waals surface area (Å²) in [4.78, 5) is 0. The highest BCUT2D eigenvalue weighted by Crippen LogP contribution is 2.60. The zero-order chi connectivity index (χ0) is 22.8. The van der Waals surface area contributed by atoms with Gasteiger partial charge in [0.2, 0.25) is 0 Å². The Morgan fingerprint density at radius 3 is 2.65 bits per heavy atom. The van der Waals surface area contributed by atoms with Crippen LogP contribution in [0, 0.1) is 23.2 Å². The van der Waals surface area contributed by atoms with Gasteiger partial charge in [-0.05, 0) is 93.1 Å². The van der Waals surface area contributed by atoms with Crippen LogP contribution in [0.2, 0.25) is 0 Å². The molecule has 3 saturated carbocycles. The molecule has 3 nitrogen and oxygen atoms in total. The Balaban J connectivity index is 1.66. The molecule has 0 aromatic carbocycles. The molecule has 3 heteroatoms. The Bertz CT molecular complexity index is 698. The molecule has 0 aromatic heterocycles. The highest BCUT2D eigenvalue weighted by Gasteiger charge is 2.50. The molecule has 3 N–H and O–H groups in total. The van der Waals surface area contributed by atoms with E-state index >= 15 is 0 Å². The summed E-state index contributed by atoms with van der Waals surface area (Å²) in [6, 6.07) is 0. The molecule has 3 rings (SSSR count). The van der Waals surface area contributed by atoms with Gasteiger partial charge in [-0.2, -0.15) is 0 Å². The van der Waals surface area contributed by atoms with Crippen LogP contribution in [0.5, 0.6) is 0 Å². The Morgan fingerprint density at radius 1 is 1.19 bits per heavy atom. The van der Waals surface area contributed by atoms with E-state index in [2.05, 4.69) is 32.6 Å². The van der Waals surface area contributed by atoms with Crippen LogP contribution in [0.4, 0.5) is 0 Å². The first-order valence-electron chi connectivity index (χ1n) is 12.7.